The smallest absolute Gasteiger partial charge is 0.191 e. The van der Waals surface area contributed by atoms with Crippen molar-refractivity contribution in [2.24, 2.45) is 4.99 Å². The molecule has 2 N–H and O–H groups in total. The Balaban J connectivity index is 1.58. The molecule has 116 valence electrons. The van der Waals surface area contributed by atoms with Crippen molar-refractivity contribution in [2.45, 2.75) is 38.3 Å². The summed E-state index contributed by atoms with van der Waals surface area (Å²) in [6.07, 6.45) is 3.52. The first-order chi connectivity index (χ1) is 10.8. The van der Waals surface area contributed by atoms with Crippen molar-refractivity contribution in [3.8, 4) is 0 Å². The minimum absolute atomic E-state index is 0.257. The predicted molar refractivity (Wildman–Crippen MR) is 94.5 cm³/mol. The number of nitrogens with zero attached hydrogens (tertiary/aromatic N) is 1. The van der Waals surface area contributed by atoms with Crippen LogP contribution >= 0.6 is 11.3 Å². The highest BCUT2D eigenvalue weighted by molar-refractivity contribution is 7.09. The molecular formula is C18H23N3S. The summed E-state index contributed by atoms with van der Waals surface area (Å²) >= 11 is 1.80. The highest BCUT2D eigenvalue weighted by Gasteiger charge is 2.23. The van der Waals surface area contributed by atoms with E-state index in [9.17, 15) is 0 Å². The number of aliphatic imine (C=N–C) groups is 1. The fraction of sp³-hybridized carbons (Fsp3) is 0.389. The molecule has 1 fully saturated rings. The summed E-state index contributed by atoms with van der Waals surface area (Å²) in [5, 5.41) is 9.16. The Bertz CT molecular complexity index is 588. The lowest BCUT2D eigenvalue weighted by molar-refractivity contribution is 0.680. The van der Waals surface area contributed by atoms with Gasteiger partial charge in [0.25, 0.3) is 0 Å². The van der Waals surface area contributed by atoms with Gasteiger partial charge in [-0.2, -0.15) is 0 Å². The summed E-state index contributed by atoms with van der Waals surface area (Å²) in [6.45, 7) is 3.00. The van der Waals surface area contributed by atoms with Crippen molar-refractivity contribution in [3.63, 3.8) is 0 Å². The lowest BCUT2D eigenvalue weighted by atomic mass is 10.1. The Morgan fingerprint density at radius 3 is 2.73 bits per heavy atom. The third-order valence-electron chi connectivity index (χ3n) is 3.78. The van der Waals surface area contributed by atoms with Gasteiger partial charge in [0.15, 0.2) is 5.96 Å². The maximum atomic E-state index is 4.75. The molecular weight excluding hydrogens is 290 g/mol. The second kappa shape index (κ2) is 7.45. The summed E-state index contributed by atoms with van der Waals surface area (Å²) in [5.41, 5.74) is 1.28. The van der Waals surface area contributed by atoms with Crippen molar-refractivity contribution in [2.75, 3.05) is 6.54 Å². The molecule has 1 atom stereocenters. The highest BCUT2D eigenvalue weighted by Crippen LogP contribution is 2.19. The van der Waals surface area contributed by atoms with Crippen LogP contribution in [0.15, 0.2) is 52.8 Å². The molecule has 0 saturated heterocycles. The van der Waals surface area contributed by atoms with Gasteiger partial charge in [0.1, 0.15) is 0 Å². The lowest BCUT2D eigenvalue weighted by Crippen LogP contribution is -2.40. The van der Waals surface area contributed by atoms with Gasteiger partial charge in [-0.3, -0.25) is 4.99 Å². The minimum Gasteiger partial charge on any atom is -0.354 e. The van der Waals surface area contributed by atoms with Gasteiger partial charge in [-0.1, -0.05) is 36.4 Å². The van der Waals surface area contributed by atoms with Gasteiger partial charge in [-0.25, -0.2) is 0 Å². The van der Waals surface area contributed by atoms with E-state index in [4.69, 9.17) is 4.99 Å². The first-order valence-corrected chi connectivity index (χ1v) is 8.84. The van der Waals surface area contributed by atoms with Crippen molar-refractivity contribution in [1.82, 2.24) is 10.6 Å². The molecule has 0 unspecified atom stereocenters. The number of thiophene rings is 1. The minimum atomic E-state index is 0.257. The molecule has 0 aliphatic heterocycles. The van der Waals surface area contributed by atoms with Crippen molar-refractivity contribution >= 4 is 17.3 Å². The number of benzene rings is 1. The molecule has 0 radical (unpaired) electrons. The maximum Gasteiger partial charge on any atom is 0.191 e. The molecule has 0 bridgehead atoms. The van der Waals surface area contributed by atoms with Crippen LogP contribution in [0.4, 0.5) is 0 Å². The molecule has 1 aromatic carbocycles. The average molecular weight is 313 g/mol. The van der Waals surface area contributed by atoms with Gasteiger partial charge in [-0.05, 0) is 36.8 Å². The van der Waals surface area contributed by atoms with Crippen LogP contribution in [-0.2, 0) is 6.42 Å². The lowest BCUT2D eigenvalue weighted by Gasteiger charge is -2.18. The van der Waals surface area contributed by atoms with Crippen LogP contribution in [0.25, 0.3) is 0 Å². The van der Waals surface area contributed by atoms with Gasteiger partial charge in [0, 0.05) is 23.9 Å². The van der Waals surface area contributed by atoms with Crippen LogP contribution in [0.3, 0.4) is 0 Å². The predicted octanol–water partition coefficient (Wildman–Crippen LogP) is 3.75. The topological polar surface area (TPSA) is 36.4 Å². The van der Waals surface area contributed by atoms with Crippen LogP contribution < -0.4 is 10.6 Å². The van der Waals surface area contributed by atoms with Gasteiger partial charge in [0.05, 0.1) is 6.04 Å². The molecule has 0 amide bonds. The second-order valence-corrected chi connectivity index (χ2v) is 6.79. The number of nitrogens with one attached hydrogen (secondary N) is 2. The average Bonchev–Trinajstić information content (AvgIpc) is 3.20. The molecule has 22 heavy (non-hydrogen) atoms. The van der Waals surface area contributed by atoms with Crippen LogP contribution in [-0.4, -0.2) is 18.5 Å². The summed E-state index contributed by atoms with van der Waals surface area (Å²) in [4.78, 5) is 6.14. The molecule has 1 aliphatic rings. The fourth-order valence-electron chi connectivity index (χ4n) is 2.32. The Morgan fingerprint density at radius 2 is 2.05 bits per heavy atom. The number of hydrogen-bond acceptors (Lipinski definition) is 2. The first kappa shape index (κ1) is 15.1. The van der Waals surface area contributed by atoms with Gasteiger partial charge < -0.3 is 10.6 Å². The zero-order chi connectivity index (χ0) is 15.2. The number of hydrogen-bond donors (Lipinski definition) is 2. The fourth-order valence-corrected chi connectivity index (χ4v) is 3.02. The molecule has 1 heterocycles. The third kappa shape index (κ3) is 4.60. The molecule has 1 saturated carbocycles. The molecule has 1 aliphatic carbocycles. The van der Waals surface area contributed by atoms with Crippen LogP contribution in [0.1, 0.15) is 36.2 Å². The van der Waals surface area contributed by atoms with E-state index in [1.807, 2.05) is 0 Å². The van der Waals surface area contributed by atoms with Gasteiger partial charge >= 0.3 is 0 Å². The van der Waals surface area contributed by atoms with E-state index in [2.05, 4.69) is 65.4 Å². The zero-order valence-electron chi connectivity index (χ0n) is 13.0. The highest BCUT2D eigenvalue weighted by atomic mass is 32.1. The molecule has 4 heteroatoms. The molecule has 3 nitrogen and oxygen atoms in total. The monoisotopic (exact) mass is 313 g/mol. The van der Waals surface area contributed by atoms with Gasteiger partial charge in [0.2, 0.25) is 0 Å². The molecule has 0 spiro atoms. The van der Waals surface area contributed by atoms with Crippen molar-refractivity contribution in [3.05, 3.63) is 58.3 Å². The Morgan fingerprint density at radius 1 is 1.23 bits per heavy atom. The van der Waals surface area contributed by atoms with Crippen LogP contribution in [0, 0.1) is 0 Å². The van der Waals surface area contributed by atoms with Crippen molar-refractivity contribution in [1.29, 1.82) is 0 Å². The summed E-state index contributed by atoms with van der Waals surface area (Å²) in [6, 6.07) is 15.6. The maximum absolute atomic E-state index is 4.75. The summed E-state index contributed by atoms with van der Waals surface area (Å²) < 4.78 is 0. The van der Waals surface area contributed by atoms with E-state index in [-0.39, 0.29) is 6.04 Å². The normalized spacial score (nSPS) is 16.3. The molecule has 3 rings (SSSR count). The van der Waals surface area contributed by atoms with E-state index in [1.165, 1.54) is 23.3 Å². The van der Waals surface area contributed by atoms with E-state index in [0.29, 0.717) is 6.04 Å². The SMILES string of the molecule is C[C@H](NC(=NCCc1cccs1)NC1CC1)c1ccccc1. The van der Waals surface area contributed by atoms with E-state index in [1.54, 1.807) is 11.3 Å². The number of guanidine groups is 1. The Hall–Kier alpha value is -1.81. The largest absolute Gasteiger partial charge is 0.354 e. The summed E-state index contributed by atoms with van der Waals surface area (Å²) in [5.74, 6) is 0.940. The first-order valence-electron chi connectivity index (χ1n) is 7.96. The van der Waals surface area contributed by atoms with E-state index >= 15 is 0 Å². The van der Waals surface area contributed by atoms with Crippen LogP contribution in [0.2, 0.25) is 0 Å². The standard InChI is InChI=1S/C18H23N3S/c1-14(15-6-3-2-4-7-15)20-18(21-16-9-10-16)19-12-11-17-8-5-13-22-17/h2-8,13-14,16H,9-12H2,1H3,(H2,19,20,21)/t14-/m0/s1. The quantitative estimate of drug-likeness (QED) is 0.629. The van der Waals surface area contributed by atoms with E-state index < -0.39 is 0 Å². The second-order valence-electron chi connectivity index (χ2n) is 5.76. The van der Waals surface area contributed by atoms with Crippen LogP contribution in [0.5, 0.6) is 0 Å². The van der Waals surface area contributed by atoms with Gasteiger partial charge in [-0.15, -0.1) is 11.3 Å². The Kier molecular flexibility index (Phi) is 5.11. The third-order valence-corrected chi connectivity index (χ3v) is 4.72. The zero-order valence-corrected chi connectivity index (χ0v) is 13.8. The summed E-state index contributed by atoms with van der Waals surface area (Å²) in [7, 11) is 0. The molecule has 1 aromatic heterocycles. The Labute approximate surface area is 136 Å². The van der Waals surface area contributed by atoms with E-state index in [0.717, 1.165) is 18.9 Å². The van der Waals surface area contributed by atoms with Crippen molar-refractivity contribution < 1.29 is 0 Å². The molecule has 2 aromatic rings. The number of rotatable bonds is 6.